The van der Waals surface area contributed by atoms with Gasteiger partial charge in [0.15, 0.2) is 11.5 Å². The second kappa shape index (κ2) is 10.9. The van der Waals surface area contributed by atoms with E-state index < -0.39 is 12.1 Å². The van der Waals surface area contributed by atoms with Crippen molar-refractivity contribution in [3.8, 4) is 11.5 Å². The summed E-state index contributed by atoms with van der Waals surface area (Å²) in [5.74, 6) is 0.563. The Morgan fingerprint density at radius 1 is 1.03 bits per heavy atom. The lowest BCUT2D eigenvalue weighted by molar-refractivity contribution is -0.132. The van der Waals surface area contributed by atoms with E-state index in [4.69, 9.17) is 9.47 Å². The fourth-order valence-electron chi connectivity index (χ4n) is 5.39. The van der Waals surface area contributed by atoms with Crippen LogP contribution in [0.5, 0.6) is 11.5 Å². The SMILES string of the molecule is Cc1ccc(N(C(=O)[C@@H]2COc3ccccc3O2)[C@@H](C(=O)NC2CCCCC2)c2cn(C)nc2C)cc1C. The van der Waals surface area contributed by atoms with Crippen LogP contribution in [-0.2, 0) is 16.6 Å². The molecule has 2 aromatic carbocycles. The number of para-hydroxylation sites is 2. The van der Waals surface area contributed by atoms with Crippen molar-refractivity contribution in [1.29, 1.82) is 0 Å². The highest BCUT2D eigenvalue weighted by molar-refractivity contribution is 6.04. The van der Waals surface area contributed by atoms with Crippen molar-refractivity contribution in [3.05, 3.63) is 71.0 Å². The molecular formula is C30H36N4O4. The van der Waals surface area contributed by atoms with Crippen molar-refractivity contribution in [3.63, 3.8) is 0 Å². The minimum Gasteiger partial charge on any atom is -0.485 e. The van der Waals surface area contributed by atoms with E-state index in [9.17, 15) is 9.59 Å². The van der Waals surface area contributed by atoms with Gasteiger partial charge in [0, 0.05) is 30.5 Å². The number of carbonyl (C=O) groups is 2. The van der Waals surface area contributed by atoms with Crippen LogP contribution in [0, 0.1) is 20.8 Å². The third kappa shape index (κ3) is 5.26. The average molecular weight is 517 g/mol. The van der Waals surface area contributed by atoms with Crippen molar-refractivity contribution >= 4 is 17.5 Å². The molecule has 3 aromatic rings. The standard InChI is InChI=1S/C30H36N4O4/c1-19-14-15-23(16-20(19)2)34(30(36)27-18-37-25-12-8-9-13-26(25)38-27)28(24-17-33(4)32-21(24)3)29(35)31-22-10-6-5-7-11-22/h8-9,12-17,22,27-28H,5-7,10-11,18H2,1-4H3,(H,31,35)/t27-,28+/m0/s1. The molecule has 1 aliphatic carbocycles. The molecule has 1 fully saturated rings. The average Bonchev–Trinajstić information content (AvgIpc) is 3.25. The number of aryl methyl sites for hydroxylation is 4. The number of carbonyl (C=O) groups excluding carboxylic acids is 2. The van der Waals surface area contributed by atoms with Crippen LogP contribution in [0.25, 0.3) is 0 Å². The topological polar surface area (TPSA) is 85.7 Å². The summed E-state index contributed by atoms with van der Waals surface area (Å²) in [6.45, 7) is 5.96. The van der Waals surface area contributed by atoms with Crippen LogP contribution in [0.15, 0.2) is 48.7 Å². The van der Waals surface area contributed by atoms with E-state index in [2.05, 4.69) is 10.4 Å². The summed E-state index contributed by atoms with van der Waals surface area (Å²) < 4.78 is 13.7. The maximum absolute atomic E-state index is 14.3. The van der Waals surface area contributed by atoms with Gasteiger partial charge in [0.1, 0.15) is 12.6 Å². The van der Waals surface area contributed by atoms with Gasteiger partial charge in [-0.3, -0.25) is 19.2 Å². The lowest BCUT2D eigenvalue weighted by Crippen LogP contribution is -2.52. The molecule has 1 aromatic heterocycles. The van der Waals surface area contributed by atoms with E-state index in [1.807, 2.05) is 70.4 Å². The normalized spacial score (nSPS) is 18.1. The first-order chi connectivity index (χ1) is 18.3. The third-order valence-electron chi connectivity index (χ3n) is 7.59. The minimum absolute atomic E-state index is 0.0557. The molecule has 2 heterocycles. The number of nitrogens with zero attached hydrogens (tertiary/aromatic N) is 3. The molecule has 1 saturated carbocycles. The number of fused-ring (bicyclic) bond motifs is 1. The molecule has 38 heavy (non-hydrogen) atoms. The Kier molecular flexibility index (Phi) is 7.40. The molecule has 2 atom stereocenters. The van der Waals surface area contributed by atoms with Crippen molar-refractivity contribution in [2.24, 2.45) is 7.05 Å². The molecule has 2 aliphatic rings. The summed E-state index contributed by atoms with van der Waals surface area (Å²) in [6.07, 6.45) is 6.17. The predicted molar refractivity (Wildman–Crippen MR) is 145 cm³/mol. The van der Waals surface area contributed by atoms with Crippen LogP contribution < -0.4 is 19.7 Å². The van der Waals surface area contributed by atoms with Gasteiger partial charge in [-0.05, 0) is 69.0 Å². The number of rotatable bonds is 6. The number of aromatic nitrogens is 2. The van der Waals surface area contributed by atoms with Crippen molar-refractivity contribution in [2.75, 3.05) is 11.5 Å². The van der Waals surface area contributed by atoms with E-state index in [-0.39, 0.29) is 24.5 Å². The maximum atomic E-state index is 14.3. The summed E-state index contributed by atoms with van der Waals surface area (Å²) in [5, 5.41) is 7.77. The molecule has 8 nitrogen and oxygen atoms in total. The zero-order valence-corrected chi connectivity index (χ0v) is 22.6. The van der Waals surface area contributed by atoms with E-state index >= 15 is 0 Å². The number of hydrogen-bond acceptors (Lipinski definition) is 5. The molecule has 1 N–H and O–H groups in total. The molecule has 0 unspecified atom stereocenters. The molecule has 0 spiro atoms. The number of hydrogen-bond donors (Lipinski definition) is 1. The number of anilines is 1. The van der Waals surface area contributed by atoms with Gasteiger partial charge in [0.05, 0.1) is 5.69 Å². The quantitative estimate of drug-likeness (QED) is 0.513. The molecule has 0 saturated heterocycles. The fourth-order valence-corrected chi connectivity index (χ4v) is 5.39. The lowest BCUT2D eigenvalue weighted by atomic mass is 9.94. The highest BCUT2D eigenvalue weighted by Gasteiger charge is 2.41. The number of benzene rings is 2. The Labute approximate surface area is 223 Å². The summed E-state index contributed by atoms with van der Waals surface area (Å²) in [5.41, 5.74) is 4.15. The summed E-state index contributed by atoms with van der Waals surface area (Å²) in [4.78, 5) is 30.0. The molecule has 8 heteroatoms. The Morgan fingerprint density at radius 3 is 2.45 bits per heavy atom. The number of nitrogens with one attached hydrogen (secondary N) is 1. The van der Waals surface area contributed by atoms with Gasteiger partial charge in [-0.15, -0.1) is 0 Å². The van der Waals surface area contributed by atoms with Gasteiger partial charge in [-0.25, -0.2) is 0 Å². The van der Waals surface area contributed by atoms with Gasteiger partial charge in [-0.1, -0.05) is 37.5 Å². The maximum Gasteiger partial charge on any atom is 0.272 e. The van der Waals surface area contributed by atoms with Crippen LogP contribution >= 0.6 is 0 Å². The van der Waals surface area contributed by atoms with Crippen LogP contribution in [0.2, 0.25) is 0 Å². The molecule has 5 rings (SSSR count). The highest BCUT2D eigenvalue weighted by Crippen LogP contribution is 2.35. The van der Waals surface area contributed by atoms with E-state index in [0.29, 0.717) is 28.4 Å². The Morgan fingerprint density at radius 2 is 1.76 bits per heavy atom. The summed E-state index contributed by atoms with van der Waals surface area (Å²) >= 11 is 0. The van der Waals surface area contributed by atoms with Crippen molar-refractivity contribution in [2.45, 2.75) is 71.1 Å². The number of amides is 2. The van der Waals surface area contributed by atoms with Gasteiger partial charge < -0.3 is 14.8 Å². The summed E-state index contributed by atoms with van der Waals surface area (Å²) in [7, 11) is 1.82. The Balaban J connectivity index is 1.58. The zero-order chi connectivity index (χ0) is 26.8. The molecule has 2 amide bonds. The second-order valence-electron chi connectivity index (χ2n) is 10.4. The molecule has 0 radical (unpaired) electrons. The van der Waals surface area contributed by atoms with Crippen LogP contribution in [0.4, 0.5) is 5.69 Å². The Hall–Kier alpha value is -3.81. The van der Waals surface area contributed by atoms with Crippen LogP contribution in [-0.4, -0.2) is 40.3 Å². The van der Waals surface area contributed by atoms with Gasteiger partial charge in [0.25, 0.3) is 5.91 Å². The lowest BCUT2D eigenvalue weighted by Gasteiger charge is -2.36. The van der Waals surface area contributed by atoms with Gasteiger partial charge in [0.2, 0.25) is 12.0 Å². The highest BCUT2D eigenvalue weighted by atomic mass is 16.6. The van der Waals surface area contributed by atoms with Crippen molar-refractivity contribution in [1.82, 2.24) is 15.1 Å². The molecule has 0 bridgehead atoms. The fraction of sp³-hybridized carbons (Fsp3) is 0.433. The molecule has 1 aliphatic heterocycles. The first-order valence-corrected chi connectivity index (χ1v) is 13.4. The van der Waals surface area contributed by atoms with E-state index in [1.54, 1.807) is 15.6 Å². The van der Waals surface area contributed by atoms with Crippen LogP contribution in [0.1, 0.15) is 60.5 Å². The zero-order valence-electron chi connectivity index (χ0n) is 22.6. The summed E-state index contributed by atoms with van der Waals surface area (Å²) in [6, 6.07) is 12.3. The largest absolute Gasteiger partial charge is 0.485 e. The third-order valence-corrected chi connectivity index (χ3v) is 7.59. The van der Waals surface area contributed by atoms with E-state index in [1.165, 1.54) is 6.42 Å². The minimum atomic E-state index is -0.916. The predicted octanol–water partition coefficient (Wildman–Crippen LogP) is 4.71. The Bertz CT molecular complexity index is 1330. The first-order valence-electron chi connectivity index (χ1n) is 13.4. The van der Waals surface area contributed by atoms with Crippen molar-refractivity contribution < 1.29 is 19.1 Å². The van der Waals surface area contributed by atoms with Gasteiger partial charge in [-0.2, -0.15) is 5.10 Å². The second-order valence-corrected chi connectivity index (χ2v) is 10.4. The monoisotopic (exact) mass is 516 g/mol. The smallest absolute Gasteiger partial charge is 0.272 e. The first kappa shape index (κ1) is 25.8. The molecular weight excluding hydrogens is 480 g/mol. The molecule has 200 valence electrons. The van der Waals surface area contributed by atoms with E-state index in [0.717, 1.165) is 36.8 Å². The number of ether oxygens (including phenoxy) is 2. The van der Waals surface area contributed by atoms with Crippen LogP contribution in [0.3, 0.4) is 0 Å². The van der Waals surface area contributed by atoms with Gasteiger partial charge >= 0.3 is 0 Å².